The van der Waals surface area contributed by atoms with Crippen molar-refractivity contribution in [2.24, 2.45) is 0 Å². The lowest BCUT2D eigenvalue weighted by Gasteiger charge is -2.20. The molecule has 0 unspecified atom stereocenters. The van der Waals surface area contributed by atoms with Crippen LogP contribution >= 0.6 is 0 Å². The van der Waals surface area contributed by atoms with Crippen LogP contribution in [0.25, 0.3) is 0 Å². The fraction of sp³-hybridized carbons (Fsp3) is 0.875. The van der Waals surface area contributed by atoms with Crippen LogP contribution in [0.15, 0.2) is 0 Å². The maximum absolute atomic E-state index is 10.9. The van der Waals surface area contributed by atoms with E-state index in [9.17, 15) is 9.90 Å². The van der Waals surface area contributed by atoms with Gasteiger partial charge < -0.3 is 14.9 Å². The van der Waals surface area contributed by atoms with Gasteiger partial charge >= 0.3 is 5.97 Å². The van der Waals surface area contributed by atoms with Gasteiger partial charge in [-0.3, -0.25) is 0 Å². The maximum Gasteiger partial charge on any atom is 0.337 e. The van der Waals surface area contributed by atoms with E-state index in [1.165, 1.54) is 27.7 Å². The fourth-order valence-corrected chi connectivity index (χ4v) is 0.419. The molecule has 0 bridgehead atoms. The summed E-state index contributed by atoms with van der Waals surface area (Å²) in [7, 11) is 0. The molecule has 0 aliphatic carbocycles. The van der Waals surface area contributed by atoms with Gasteiger partial charge in [0, 0.05) is 0 Å². The zero-order chi connectivity index (χ0) is 9.99. The average Bonchev–Trinajstić information content (AvgIpc) is 1.78. The van der Waals surface area contributed by atoms with Gasteiger partial charge in [0.05, 0.1) is 5.60 Å². The molecule has 0 rings (SSSR count). The molecule has 2 N–H and O–H groups in total. The molecule has 0 aromatic rings. The molecule has 0 spiro atoms. The third-order valence-corrected chi connectivity index (χ3v) is 1.06. The average molecular weight is 176 g/mol. The van der Waals surface area contributed by atoms with Crippen LogP contribution in [0, 0.1) is 0 Å². The Morgan fingerprint density at radius 3 is 1.92 bits per heavy atom. The summed E-state index contributed by atoms with van der Waals surface area (Å²) in [6, 6.07) is 0. The minimum Gasteiger partial charge on any atom is -0.461 e. The lowest BCUT2D eigenvalue weighted by molar-refractivity contribution is -0.167. The van der Waals surface area contributed by atoms with Gasteiger partial charge in [-0.2, -0.15) is 0 Å². The van der Waals surface area contributed by atoms with Crippen LogP contribution in [-0.2, 0) is 9.53 Å². The molecule has 0 radical (unpaired) electrons. The molecule has 4 nitrogen and oxygen atoms in total. The van der Waals surface area contributed by atoms with Gasteiger partial charge in [-0.1, -0.05) is 0 Å². The number of aliphatic hydroxyl groups is 2. The number of hydrogen-bond donors (Lipinski definition) is 2. The minimum atomic E-state index is -1.49. The van der Waals surface area contributed by atoms with Crippen LogP contribution in [0.1, 0.15) is 27.7 Å². The Kier molecular flexibility index (Phi) is 3.24. The van der Waals surface area contributed by atoms with Gasteiger partial charge in [0.2, 0.25) is 0 Å². The lowest BCUT2D eigenvalue weighted by Crippen LogP contribution is -2.37. The van der Waals surface area contributed by atoms with Gasteiger partial charge in [-0.15, -0.1) is 0 Å². The monoisotopic (exact) mass is 176 g/mol. The number of hydrogen-bond acceptors (Lipinski definition) is 4. The van der Waals surface area contributed by atoms with Crippen molar-refractivity contribution in [1.29, 1.82) is 0 Å². The molecule has 0 fully saturated rings. The Morgan fingerprint density at radius 1 is 1.25 bits per heavy atom. The van der Waals surface area contributed by atoms with E-state index in [0.717, 1.165) is 0 Å². The maximum atomic E-state index is 10.9. The smallest absolute Gasteiger partial charge is 0.337 e. The standard InChI is InChI=1S/C8H16O4/c1-7(2,10)5-12-6(9)8(3,4)11/h10-11H,5H2,1-4H3. The van der Waals surface area contributed by atoms with E-state index < -0.39 is 17.2 Å². The van der Waals surface area contributed by atoms with Crippen molar-refractivity contribution in [1.82, 2.24) is 0 Å². The quantitative estimate of drug-likeness (QED) is 0.597. The fourth-order valence-electron chi connectivity index (χ4n) is 0.419. The molecule has 0 atom stereocenters. The van der Waals surface area contributed by atoms with Crippen molar-refractivity contribution in [3.63, 3.8) is 0 Å². The van der Waals surface area contributed by atoms with Crippen LogP contribution < -0.4 is 0 Å². The highest BCUT2D eigenvalue weighted by atomic mass is 16.6. The van der Waals surface area contributed by atoms with E-state index in [-0.39, 0.29) is 6.61 Å². The molecule has 0 heterocycles. The van der Waals surface area contributed by atoms with E-state index in [2.05, 4.69) is 4.74 Å². The molecule has 0 aliphatic rings. The highest BCUT2D eigenvalue weighted by Gasteiger charge is 2.27. The third-order valence-electron chi connectivity index (χ3n) is 1.06. The number of esters is 1. The van der Waals surface area contributed by atoms with E-state index in [1.807, 2.05) is 0 Å². The summed E-state index contributed by atoms with van der Waals surface area (Å²) in [5, 5.41) is 18.3. The van der Waals surface area contributed by atoms with E-state index in [4.69, 9.17) is 5.11 Å². The van der Waals surface area contributed by atoms with Gasteiger partial charge in [0.15, 0.2) is 5.60 Å². The molecule has 0 aromatic carbocycles. The van der Waals surface area contributed by atoms with Crippen molar-refractivity contribution in [2.75, 3.05) is 6.61 Å². The predicted molar refractivity (Wildman–Crippen MR) is 43.6 cm³/mol. The first-order chi connectivity index (χ1) is 5.13. The molecule has 0 aliphatic heterocycles. The molecule has 0 aromatic heterocycles. The summed E-state index contributed by atoms with van der Waals surface area (Å²) >= 11 is 0. The van der Waals surface area contributed by atoms with Crippen LogP contribution in [0.5, 0.6) is 0 Å². The third kappa shape index (κ3) is 5.09. The topological polar surface area (TPSA) is 66.8 Å². The van der Waals surface area contributed by atoms with Gasteiger partial charge in [0.1, 0.15) is 6.61 Å². The second-order valence-electron chi connectivity index (χ2n) is 3.95. The summed E-state index contributed by atoms with van der Waals surface area (Å²) in [5.74, 6) is -0.732. The van der Waals surface area contributed by atoms with Crippen LogP contribution in [0.2, 0.25) is 0 Å². The Labute approximate surface area is 72.2 Å². The van der Waals surface area contributed by atoms with Gasteiger partial charge in [-0.05, 0) is 27.7 Å². The Balaban J connectivity index is 3.90. The first kappa shape index (κ1) is 11.4. The van der Waals surface area contributed by atoms with Crippen molar-refractivity contribution < 1.29 is 19.7 Å². The first-order valence-electron chi connectivity index (χ1n) is 3.75. The van der Waals surface area contributed by atoms with Crippen molar-refractivity contribution in [3.8, 4) is 0 Å². The number of carbonyl (C=O) groups is 1. The Bertz CT molecular complexity index is 161. The normalized spacial score (nSPS) is 12.8. The van der Waals surface area contributed by atoms with Crippen molar-refractivity contribution in [2.45, 2.75) is 38.9 Å². The Hall–Kier alpha value is -0.610. The van der Waals surface area contributed by atoms with Crippen LogP contribution in [-0.4, -0.2) is 34.0 Å². The SMILES string of the molecule is CC(C)(O)COC(=O)C(C)(C)O. The summed E-state index contributed by atoms with van der Waals surface area (Å²) in [4.78, 5) is 10.9. The lowest BCUT2D eigenvalue weighted by atomic mass is 10.1. The minimum absolute atomic E-state index is 0.115. The zero-order valence-electron chi connectivity index (χ0n) is 7.92. The van der Waals surface area contributed by atoms with E-state index in [0.29, 0.717) is 0 Å². The zero-order valence-corrected chi connectivity index (χ0v) is 7.92. The van der Waals surface area contributed by atoms with Crippen LogP contribution in [0.3, 0.4) is 0 Å². The highest BCUT2D eigenvalue weighted by molar-refractivity contribution is 5.78. The number of rotatable bonds is 3. The largest absolute Gasteiger partial charge is 0.461 e. The Morgan fingerprint density at radius 2 is 1.67 bits per heavy atom. The summed E-state index contributed by atoms with van der Waals surface area (Å²) in [5.41, 5.74) is -2.55. The van der Waals surface area contributed by atoms with E-state index in [1.54, 1.807) is 0 Å². The molecule has 0 saturated heterocycles. The molecule has 0 amide bonds. The van der Waals surface area contributed by atoms with Crippen molar-refractivity contribution in [3.05, 3.63) is 0 Å². The number of ether oxygens (including phenoxy) is 1. The molecule has 12 heavy (non-hydrogen) atoms. The second kappa shape index (κ2) is 3.41. The summed E-state index contributed by atoms with van der Waals surface area (Å²) in [6.07, 6.45) is 0. The molecule has 4 heteroatoms. The van der Waals surface area contributed by atoms with Crippen molar-refractivity contribution >= 4 is 5.97 Å². The van der Waals surface area contributed by atoms with Crippen LogP contribution in [0.4, 0.5) is 0 Å². The second-order valence-corrected chi connectivity index (χ2v) is 3.95. The highest BCUT2D eigenvalue weighted by Crippen LogP contribution is 2.07. The molecule has 72 valence electrons. The molecular formula is C8H16O4. The van der Waals surface area contributed by atoms with E-state index >= 15 is 0 Å². The van der Waals surface area contributed by atoms with Gasteiger partial charge in [-0.25, -0.2) is 4.79 Å². The first-order valence-corrected chi connectivity index (χ1v) is 3.75. The molecule has 0 saturated carbocycles. The van der Waals surface area contributed by atoms with Gasteiger partial charge in [0.25, 0.3) is 0 Å². The summed E-state index contributed by atoms with van der Waals surface area (Å²) in [6.45, 7) is 5.59. The predicted octanol–water partition coefficient (Wildman–Crippen LogP) is 0.0714. The number of carbonyl (C=O) groups excluding carboxylic acids is 1. The molecular weight excluding hydrogens is 160 g/mol. The summed E-state index contributed by atoms with van der Waals surface area (Å²) < 4.78 is 4.63.